The van der Waals surface area contributed by atoms with Gasteiger partial charge in [-0.1, -0.05) is 63.8 Å². The average molecular weight is 322 g/mol. The summed E-state index contributed by atoms with van der Waals surface area (Å²) in [6.45, 7) is 6.12. The highest BCUT2D eigenvalue weighted by Gasteiger charge is 2.38. The first kappa shape index (κ1) is 18.7. The maximum Gasteiger partial charge on any atom is 0.111 e. The summed E-state index contributed by atoms with van der Waals surface area (Å²) in [5.74, 6) is 0. The molecule has 0 spiro atoms. The number of hydrogen-bond acceptors (Lipinski definition) is 3. The average Bonchev–Trinajstić information content (AvgIpc) is 3.43. The van der Waals surface area contributed by atoms with Gasteiger partial charge in [-0.2, -0.15) is 0 Å². The Morgan fingerprint density at radius 2 is 1.26 bits per heavy atom. The van der Waals surface area contributed by atoms with Crippen molar-refractivity contribution in [2.75, 3.05) is 13.2 Å². The van der Waals surface area contributed by atoms with Gasteiger partial charge in [-0.3, -0.25) is 0 Å². The Hall–Kier alpha value is -0.640. The lowest BCUT2D eigenvalue weighted by molar-refractivity contribution is 0.0113. The van der Waals surface area contributed by atoms with Gasteiger partial charge in [-0.05, 0) is 25.7 Å². The molecule has 0 saturated carbocycles. The van der Waals surface area contributed by atoms with Crippen LogP contribution in [0.2, 0.25) is 0 Å². The quantitative estimate of drug-likeness (QED) is 0.261. The number of allylic oxidation sites excluding steroid dienone is 2. The number of ether oxygens (including phenoxy) is 3. The second-order valence-corrected chi connectivity index (χ2v) is 6.66. The number of unbranched alkanes of at least 4 members (excludes halogenated alkanes) is 6. The molecule has 2 aliphatic heterocycles. The molecule has 4 atom stereocenters. The Bertz CT molecular complexity index is 322. The van der Waals surface area contributed by atoms with Gasteiger partial charge in [0.2, 0.25) is 0 Å². The normalized spacial score (nSPS) is 26.0. The minimum atomic E-state index is 0.0751. The van der Waals surface area contributed by atoms with Crippen molar-refractivity contribution in [3.63, 3.8) is 0 Å². The molecule has 0 radical (unpaired) electrons. The van der Waals surface area contributed by atoms with Gasteiger partial charge in [0.15, 0.2) is 0 Å². The first-order valence-electron chi connectivity index (χ1n) is 9.57. The number of rotatable bonds is 14. The predicted molar refractivity (Wildman–Crippen MR) is 94.7 cm³/mol. The van der Waals surface area contributed by atoms with Crippen LogP contribution in [0.5, 0.6) is 0 Å². The van der Waals surface area contributed by atoms with Gasteiger partial charge in [0.05, 0.1) is 13.2 Å². The molecule has 2 aliphatic rings. The summed E-state index contributed by atoms with van der Waals surface area (Å²) in [7, 11) is 0. The van der Waals surface area contributed by atoms with Crippen molar-refractivity contribution in [1.29, 1.82) is 0 Å². The highest BCUT2D eigenvalue weighted by atomic mass is 16.6. The zero-order valence-electron chi connectivity index (χ0n) is 14.9. The van der Waals surface area contributed by atoms with Gasteiger partial charge in [-0.25, -0.2) is 0 Å². The van der Waals surface area contributed by atoms with Crippen LogP contribution in [-0.4, -0.2) is 37.6 Å². The van der Waals surface area contributed by atoms with Crippen LogP contribution in [0.25, 0.3) is 0 Å². The fourth-order valence-electron chi connectivity index (χ4n) is 2.67. The van der Waals surface area contributed by atoms with E-state index < -0.39 is 0 Å². The molecule has 132 valence electrons. The van der Waals surface area contributed by atoms with E-state index in [9.17, 15) is 0 Å². The van der Waals surface area contributed by atoms with Gasteiger partial charge in [0.1, 0.15) is 24.4 Å². The zero-order chi connectivity index (χ0) is 16.3. The Balaban J connectivity index is 1.76. The minimum absolute atomic E-state index is 0.0751. The summed E-state index contributed by atoms with van der Waals surface area (Å²) in [5.41, 5.74) is 0. The zero-order valence-corrected chi connectivity index (χ0v) is 14.9. The second kappa shape index (κ2) is 11.0. The molecule has 3 nitrogen and oxygen atoms in total. The topological polar surface area (TPSA) is 34.3 Å². The summed E-state index contributed by atoms with van der Waals surface area (Å²) in [5, 5.41) is 0. The molecular formula is C20H34O3. The van der Waals surface area contributed by atoms with Crippen LogP contribution in [-0.2, 0) is 14.2 Å². The van der Waals surface area contributed by atoms with E-state index in [4.69, 9.17) is 14.2 Å². The molecule has 2 rings (SSSR count). The number of epoxide rings is 2. The molecule has 0 N–H and O–H groups in total. The second-order valence-electron chi connectivity index (χ2n) is 6.66. The van der Waals surface area contributed by atoms with Crippen LogP contribution >= 0.6 is 0 Å². The van der Waals surface area contributed by atoms with Crippen LogP contribution in [0, 0.1) is 0 Å². The maximum absolute atomic E-state index is 6.29. The molecule has 0 aromatic heterocycles. The summed E-state index contributed by atoms with van der Waals surface area (Å²) in [6.07, 6.45) is 19.5. The standard InChI is InChI=1S/C20H34O3/c1-3-5-7-9-11-13-17(19-15-21-19)23-18(20-16-22-20)14-12-10-8-6-4-2/h11-14,17-20H,3-10,15-16H2,1-2H3/b13-11+,14-12+. The van der Waals surface area contributed by atoms with E-state index in [0.717, 1.165) is 26.1 Å². The van der Waals surface area contributed by atoms with Gasteiger partial charge in [-0.15, -0.1) is 0 Å². The predicted octanol–water partition coefficient (Wildman–Crippen LogP) is 4.81. The van der Waals surface area contributed by atoms with Crippen molar-refractivity contribution < 1.29 is 14.2 Å². The Kier molecular flexibility index (Phi) is 8.95. The first-order valence-corrected chi connectivity index (χ1v) is 9.57. The van der Waals surface area contributed by atoms with Crippen LogP contribution in [0.3, 0.4) is 0 Å². The molecule has 0 bridgehead atoms. The summed E-state index contributed by atoms with van der Waals surface area (Å²) < 4.78 is 17.2. The van der Waals surface area contributed by atoms with Gasteiger partial charge >= 0.3 is 0 Å². The molecule has 0 aliphatic carbocycles. The van der Waals surface area contributed by atoms with Crippen molar-refractivity contribution in [1.82, 2.24) is 0 Å². The van der Waals surface area contributed by atoms with E-state index in [1.165, 1.54) is 38.5 Å². The van der Waals surface area contributed by atoms with Crippen LogP contribution < -0.4 is 0 Å². The molecule has 2 heterocycles. The summed E-state index contributed by atoms with van der Waals surface area (Å²) in [6, 6.07) is 0. The summed E-state index contributed by atoms with van der Waals surface area (Å²) >= 11 is 0. The van der Waals surface area contributed by atoms with E-state index in [1.54, 1.807) is 0 Å². The molecule has 0 amide bonds. The third-order valence-corrected chi connectivity index (χ3v) is 4.37. The number of hydrogen-bond donors (Lipinski definition) is 0. The van der Waals surface area contributed by atoms with E-state index in [-0.39, 0.29) is 24.4 Å². The van der Waals surface area contributed by atoms with E-state index in [1.807, 2.05) is 0 Å². The highest BCUT2D eigenvalue weighted by Crippen LogP contribution is 2.25. The largest absolute Gasteiger partial charge is 0.370 e. The molecule has 0 aromatic rings. The highest BCUT2D eigenvalue weighted by molar-refractivity contribution is 5.03. The van der Waals surface area contributed by atoms with Crippen molar-refractivity contribution in [2.45, 2.75) is 89.6 Å². The Labute approximate surface area is 142 Å². The van der Waals surface area contributed by atoms with E-state index in [0.29, 0.717) is 0 Å². The van der Waals surface area contributed by atoms with Gasteiger partial charge < -0.3 is 14.2 Å². The molecule has 2 fully saturated rings. The first-order chi connectivity index (χ1) is 11.3. The van der Waals surface area contributed by atoms with Gasteiger partial charge in [0, 0.05) is 0 Å². The van der Waals surface area contributed by atoms with E-state index >= 15 is 0 Å². The van der Waals surface area contributed by atoms with Crippen molar-refractivity contribution >= 4 is 0 Å². The molecular weight excluding hydrogens is 288 g/mol. The SMILES string of the molecule is CCCCC/C=C/C(OC(/C=C/CCCCC)C1CO1)C1CO1. The van der Waals surface area contributed by atoms with Crippen LogP contribution in [0.15, 0.2) is 24.3 Å². The van der Waals surface area contributed by atoms with Crippen LogP contribution in [0.4, 0.5) is 0 Å². The van der Waals surface area contributed by atoms with Crippen molar-refractivity contribution in [2.24, 2.45) is 0 Å². The molecule has 4 unspecified atom stereocenters. The lowest BCUT2D eigenvalue weighted by atomic mass is 10.1. The maximum atomic E-state index is 6.29. The minimum Gasteiger partial charge on any atom is -0.370 e. The monoisotopic (exact) mass is 322 g/mol. The molecule has 3 heteroatoms. The lowest BCUT2D eigenvalue weighted by Gasteiger charge is -2.18. The fraction of sp³-hybridized carbons (Fsp3) is 0.800. The third-order valence-electron chi connectivity index (χ3n) is 4.37. The van der Waals surface area contributed by atoms with E-state index in [2.05, 4.69) is 38.2 Å². The molecule has 2 saturated heterocycles. The fourth-order valence-corrected chi connectivity index (χ4v) is 2.67. The smallest absolute Gasteiger partial charge is 0.111 e. The van der Waals surface area contributed by atoms with Gasteiger partial charge in [0.25, 0.3) is 0 Å². The Morgan fingerprint density at radius 1 is 0.826 bits per heavy atom. The third kappa shape index (κ3) is 8.14. The Morgan fingerprint density at radius 3 is 1.61 bits per heavy atom. The lowest BCUT2D eigenvalue weighted by Crippen LogP contribution is -2.27. The van der Waals surface area contributed by atoms with Crippen molar-refractivity contribution in [3.8, 4) is 0 Å². The van der Waals surface area contributed by atoms with Crippen molar-refractivity contribution in [3.05, 3.63) is 24.3 Å². The molecule has 23 heavy (non-hydrogen) atoms. The molecule has 0 aromatic carbocycles. The summed E-state index contributed by atoms with van der Waals surface area (Å²) in [4.78, 5) is 0. The van der Waals surface area contributed by atoms with Crippen LogP contribution in [0.1, 0.15) is 65.2 Å².